The summed E-state index contributed by atoms with van der Waals surface area (Å²) in [6.07, 6.45) is 0.101. The van der Waals surface area contributed by atoms with Crippen LogP contribution in [0.3, 0.4) is 0 Å². The van der Waals surface area contributed by atoms with Crippen LogP contribution in [-0.2, 0) is 32.5 Å². The fraction of sp³-hybridized carbons (Fsp3) is 0.353. The van der Waals surface area contributed by atoms with Crippen LogP contribution in [0.4, 0.5) is 0 Å². The van der Waals surface area contributed by atoms with E-state index < -0.39 is 10.0 Å². The summed E-state index contributed by atoms with van der Waals surface area (Å²) < 4.78 is 32.1. The fourth-order valence-corrected chi connectivity index (χ4v) is 5.84. The highest BCUT2D eigenvalue weighted by atomic mass is 35.5. The molecular formula is C17H18Cl2N2O4S2. The van der Waals surface area contributed by atoms with Crippen molar-refractivity contribution in [3.8, 4) is 0 Å². The maximum atomic E-state index is 12.6. The van der Waals surface area contributed by atoms with Crippen molar-refractivity contribution in [1.82, 2.24) is 9.62 Å². The van der Waals surface area contributed by atoms with E-state index in [2.05, 4.69) is 5.32 Å². The molecule has 27 heavy (non-hydrogen) atoms. The molecule has 1 aromatic carbocycles. The number of ether oxygens (including phenoxy) is 1. The Hall–Kier alpha value is -1.16. The lowest BCUT2D eigenvalue weighted by molar-refractivity contribution is -0.120. The highest BCUT2D eigenvalue weighted by molar-refractivity contribution is 7.91. The molecule has 0 atom stereocenters. The lowest BCUT2D eigenvalue weighted by Crippen LogP contribution is -2.40. The van der Waals surface area contributed by atoms with Crippen LogP contribution in [0.5, 0.6) is 0 Å². The molecule has 3 rings (SSSR count). The van der Waals surface area contributed by atoms with E-state index in [1.807, 2.05) is 0 Å². The van der Waals surface area contributed by atoms with Crippen LogP contribution < -0.4 is 5.32 Å². The van der Waals surface area contributed by atoms with Crippen LogP contribution >= 0.6 is 34.5 Å². The van der Waals surface area contributed by atoms with Crippen LogP contribution in [0.15, 0.2) is 34.5 Å². The van der Waals surface area contributed by atoms with Gasteiger partial charge in [0.15, 0.2) is 0 Å². The smallest absolute Gasteiger partial charge is 0.252 e. The topological polar surface area (TPSA) is 75.7 Å². The Balaban J connectivity index is 1.59. The van der Waals surface area contributed by atoms with E-state index in [4.69, 9.17) is 27.9 Å². The number of thiophene rings is 1. The van der Waals surface area contributed by atoms with Crippen molar-refractivity contribution in [2.75, 3.05) is 26.3 Å². The van der Waals surface area contributed by atoms with Gasteiger partial charge in [-0.1, -0.05) is 23.2 Å². The molecule has 6 nitrogen and oxygen atoms in total. The second kappa shape index (κ2) is 8.89. The third-order valence-corrected chi connectivity index (χ3v) is 8.07. The molecule has 1 aromatic heterocycles. The Morgan fingerprint density at radius 3 is 2.67 bits per heavy atom. The van der Waals surface area contributed by atoms with E-state index in [0.29, 0.717) is 41.9 Å². The van der Waals surface area contributed by atoms with Gasteiger partial charge < -0.3 is 10.1 Å². The van der Waals surface area contributed by atoms with Gasteiger partial charge in [-0.05, 0) is 35.9 Å². The molecule has 2 heterocycles. The predicted molar refractivity (Wildman–Crippen MR) is 106 cm³/mol. The summed E-state index contributed by atoms with van der Waals surface area (Å²) in [7, 11) is -3.51. The molecule has 0 saturated carbocycles. The second-order valence-corrected chi connectivity index (χ2v) is 10.1. The molecule has 1 N–H and O–H groups in total. The second-order valence-electron chi connectivity index (χ2n) is 5.93. The van der Waals surface area contributed by atoms with Crippen molar-refractivity contribution in [2.24, 2.45) is 0 Å². The number of amides is 1. The SMILES string of the molecule is O=C(Cc1cc(Cl)ccc1Cl)NCc1ccc(S(=O)(=O)N2CCOCC2)s1. The molecule has 0 aliphatic carbocycles. The van der Waals surface area contributed by atoms with Crippen molar-refractivity contribution >= 4 is 50.5 Å². The Morgan fingerprint density at radius 2 is 1.93 bits per heavy atom. The van der Waals surface area contributed by atoms with Gasteiger partial charge in [-0.25, -0.2) is 8.42 Å². The fourth-order valence-electron chi connectivity index (χ4n) is 2.61. The van der Waals surface area contributed by atoms with Crippen LogP contribution in [0, 0.1) is 0 Å². The van der Waals surface area contributed by atoms with Crippen molar-refractivity contribution in [3.63, 3.8) is 0 Å². The largest absolute Gasteiger partial charge is 0.379 e. The predicted octanol–water partition coefficient (Wildman–Crippen LogP) is 2.93. The Morgan fingerprint density at radius 1 is 1.19 bits per heavy atom. The van der Waals surface area contributed by atoms with Crippen LogP contribution in [0.1, 0.15) is 10.4 Å². The van der Waals surface area contributed by atoms with E-state index in [9.17, 15) is 13.2 Å². The summed E-state index contributed by atoms with van der Waals surface area (Å²) in [5.41, 5.74) is 0.642. The summed E-state index contributed by atoms with van der Waals surface area (Å²) in [6.45, 7) is 1.76. The number of benzene rings is 1. The maximum absolute atomic E-state index is 12.6. The molecule has 0 unspecified atom stereocenters. The number of hydrogen-bond acceptors (Lipinski definition) is 5. The average molecular weight is 449 g/mol. The quantitative estimate of drug-likeness (QED) is 0.736. The van der Waals surface area contributed by atoms with E-state index >= 15 is 0 Å². The molecular weight excluding hydrogens is 431 g/mol. The minimum absolute atomic E-state index is 0.101. The van der Waals surface area contributed by atoms with Crippen LogP contribution in [0.2, 0.25) is 10.0 Å². The Labute approximate surface area is 172 Å². The molecule has 1 saturated heterocycles. The summed E-state index contributed by atoms with van der Waals surface area (Å²) in [5.74, 6) is -0.217. The zero-order chi connectivity index (χ0) is 19.4. The molecule has 0 bridgehead atoms. The van der Waals surface area contributed by atoms with E-state index in [0.717, 1.165) is 16.2 Å². The maximum Gasteiger partial charge on any atom is 0.252 e. The molecule has 0 radical (unpaired) electrons. The zero-order valence-electron chi connectivity index (χ0n) is 14.3. The summed E-state index contributed by atoms with van der Waals surface area (Å²) in [6, 6.07) is 8.25. The summed E-state index contributed by atoms with van der Waals surface area (Å²) in [4.78, 5) is 12.9. The van der Waals surface area contributed by atoms with Gasteiger partial charge in [0.05, 0.1) is 26.2 Å². The first-order valence-corrected chi connectivity index (χ1v) is 11.2. The minimum Gasteiger partial charge on any atom is -0.379 e. The number of halogens is 2. The number of morpholine rings is 1. The summed E-state index contributed by atoms with van der Waals surface area (Å²) >= 11 is 13.1. The Bertz CT molecular complexity index is 925. The lowest BCUT2D eigenvalue weighted by atomic mass is 10.1. The molecule has 2 aromatic rings. The zero-order valence-corrected chi connectivity index (χ0v) is 17.4. The molecule has 1 aliphatic heterocycles. The van der Waals surface area contributed by atoms with Crippen molar-refractivity contribution in [1.29, 1.82) is 0 Å². The minimum atomic E-state index is -3.51. The van der Waals surface area contributed by atoms with Crippen LogP contribution in [0.25, 0.3) is 0 Å². The third-order valence-electron chi connectivity index (χ3n) is 4.02. The molecule has 1 amide bonds. The van der Waals surface area contributed by atoms with E-state index in [1.165, 1.54) is 4.31 Å². The van der Waals surface area contributed by atoms with Crippen molar-refractivity contribution in [3.05, 3.63) is 50.8 Å². The van der Waals surface area contributed by atoms with Gasteiger partial charge in [-0.15, -0.1) is 11.3 Å². The monoisotopic (exact) mass is 448 g/mol. The van der Waals surface area contributed by atoms with E-state index in [1.54, 1.807) is 30.3 Å². The molecule has 10 heteroatoms. The van der Waals surface area contributed by atoms with Gasteiger partial charge >= 0.3 is 0 Å². The number of carbonyl (C=O) groups is 1. The first-order chi connectivity index (χ1) is 12.9. The number of nitrogens with zero attached hydrogens (tertiary/aromatic N) is 1. The number of carbonyl (C=O) groups excluding carboxylic acids is 1. The molecule has 146 valence electrons. The first kappa shape index (κ1) is 20.6. The first-order valence-electron chi connectivity index (χ1n) is 8.23. The Kier molecular flexibility index (Phi) is 6.78. The highest BCUT2D eigenvalue weighted by Crippen LogP contribution is 2.26. The van der Waals surface area contributed by atoms with Crippen molar-refractivity contribution in [2.45, 2.75) is 17.2 Å². The van der Waals surface area contributed by atoms with Gasteiger partial charge in [-0.3, -0.25) is 4.79 Å². The van der Waals surface area contributed by atoms with E-state index in [-0.39, 0.29) is 23.1 Å². The molecule has 1 aliphatic rings. The number of rotatable bonds is 6. The third kappa shape index (κ3) is 5.22. The normalized spacial score (nSPS) is 15.6. The van der Waals surface area contributed by atoms with Crippen LogP contribution in [-0.4, -0.2) is 44.9 Å². The number of sulfonamides is 1. The van der Waals surface area contributed by atoms with Gasteiger partial charge in [-0.2, -0.15) is 4.31 Å². The van der Waals surface area contributed by atoms with Gasteiger partial charge in [0, 0.05) is 28.0 Å². The van der Waals surface area contributed by atoms with Crippen molar-refractivity contribution < 1.29 is 17.9 Å². The molecule has 0 spiro atoms. The van der Waals surface area contributed by atoms with Gasteiger partial charge in [0.1, 0.15) is 4.21 Å². The van der Waals surface area contributed by atoms with Gasteiger partial charge in [0.25, 0.3) is 10.0 Å². The average Bonchev–Trinajstić information content (AvgIpc) is 3.14. The summed E-state index contributed by atoms with van der Waals surface area (Å²) in [5, 5.41) is 3.77. The lowest BCUT2D eigenvalue weighted by Gasteiger charge is -2.25. The standard InChI is InChI=1S/C17H18Cl2N2O4S2/c18-13-1-3-15(19)12(9-13)10-16(22)20-11-14-2-4-17(26-14)27(23,24)21-5-7-25-8-6-21/h1-4,9H,5-8,10-11H2,(H,20,22). The molecule has 1 fully saturated rings. The number of nitrogens with one attached hydrogen (secondary N) is 1. The van der Waals surface area contributed by atoms with Gasteiger partial charge in [0.2, 0.25) is 5.91 Å². The number of hydrogen-bond donors (Lipinski definition) is 1. The highest BCUT2D eigenvalue weighted by Gasteiger charge is 2.27.